The summed E-state index contributed by atoms with van der Waals surface area (Å²) >= 11 is 5.86. The Morgan fingerprint density at radius 1 is 1.39 bits per heavy atom. The largest absolute Gasteiger partial charge is 0.383 e. The molecule has 0 spiro atoms. The Morgan fingerprint density at radius 3 is 2.72 bits per heavy atom. The summed E-state index contributed by atoms with van der Waals surface area (Å²) in [6.45, 7) is 0. The summed E-state index contributed by atoms with van der Waals surface area (Å²) < 4.78 is 1.18. The van der Waals surface area contributed by atoms with Gasteiger partial charge in [-0.05, 0) is 18.2 Å². The molecule has 0 aliphatic rings. The van der Waals surface area contributed by atoms with Crippen LogP contribution in [-0.2, 0) is 0 Å². The molecule has 94 valence electrons. The maximum Gasteiger partial charge on any atom is 0.334 e. The second kappa shape index (κ2) is 4.58. The average molecular weight is 267 g/mol. The number of nitrogens with two attached hydrogens (primary N) is 1. The van der Waals surface area contributed by atoms with Crippen molar-refractivity contribution < 1.29 is 0 Å². The lowest BCUT2D eigenvalue weighted by molar-refractivity contribution is 0.910. The first-order valence-corrected chi connectivity index (χ1v) is 5.51. The summed E-state index contributed by atoms with van der Waals surface area (Å²) in [5.74, 6) is 0.0357. The Labute approximate surface area is 107 Å². The molecule has 0 amide bonds. The van der Waals surface area contributed by atoms with Crippen LogP contribution in [0.25, 0.3) is 5.69 Å². The molecule has 1 heterocycles. The summed E-state index contributed by atoms with van der Waals surface area (Å²) in [5.41, 5.74) is 5.26. The number of hydrogen-bond donors (Lipinski definition) is 3. The van der Waals surface area contributed by atoms with E-state index in [2.05, 4.69) is 10.3 Å². The summed E-state index contributed by atoms with van der Waals surface area (Å²) in [6, 6.07) is 6.61. The predicted molar refractivity (Wildman–Crippen MR) is 71.6 cm³/mol. The van der Waals surface area contributed by atoms with Crippen molar-refractivity contribution in [3.8, 4) is 5.69 Å². The number of nitrogens with one attached hydrogen (secondary N) is 2. The van der Waals surface area contributed by atoms with E-state index < -0.39 is 11.2 Å². The molecule has 0 saturated carbocycles. The van der Waals surface area contributed by atoms with Gasteiger partial charge in [-0.15, -0.1) is 0 Å². The van der Waals surface area contributed by atoms with E-state index in [1.54, 1.807) is 31.3 Å². The van der Waals surface area contributed by atoms with Gasteiger partial charge < -0.3 is 11.1 Å². The molecule has 0 bridgehead atoms. The summed E-state index contributed by atoms with van der Waals surface area (Å²) in [5, 5.41) is 3.12. The van der Waals surface area contributed by atoms with E-state index in [1.807, 2.05) is 0 Å². The molecule has 0 aliphatic carbocycles. The van der Waals surface area contributed by atoms with Gasteiger partial charge in [0.15, 0.2) is 0 Å². The summed E-state index contributed by atoms with van der Waals surface area (Å²) in [7, 11) is 1.55. The van der Waals surface area contributed by atoms with E-state index in [-0.39, 0.29) is 11.5 Å². The minimum atomic E-state index is -0.612. The number of nitrogens with zero attached hydrogens (tertiary/aromatic N) is 1. The van der Waals surface area contributed by atoms with Crippen LogP contribution in [0, 0.1) is 0 Å². The van der Waals surface area contributed by atoms with Crippen LogP contribution < -0.4 is 22.3 Å². The summed E-state index contributed by atoms with van der Waals surface area (Å²) in [6.07, 6.45) is 0. The molecule has 18 heavy (non-hydrogen) atoms. The maximum atomic E-state index is 11.8. The van der Waals surface area contributed by atoms with Gasteiger partial charge >= 0.3 is 5.69 Å². The SMILES string of the molecule is CNc1c(N)n(-c2cccc(Cl)c2)c(=O)[nH]c1=O. The number of aromatic nitrogens is 2. The molecule has 2 rings (SSSR count). The number of H-pyrrole nitrogens is 1. The molecule has 0 atom stereocenters. The first-order chi connectivity index (χ1) is 8.54. The van der Waals surface area contributed by atoms with Gasteiger partial charge in [0.25, 0.3) is 5.56 Å². The molecule has 0 unspecified atom stereocenters. The third-order valence-electron chi connectivity index (χ3n) is 2.46. The Morgan fingerprint density at radius 2 is 2.11 bits per heavy atom. The molecular weight excluding hydrogens is 256 g/mol. The zero-order valence-electron chi connectivity index (χ0n) is 9.53. The number of rotatable bonds is 2. The lowest BCUT2D eigenvalue weighted by Gasteiger charge is -2.12. The molecule has 0 radical (unpaired) electrons. The first kappa shape index (κ1) is 12.3. The van der Waals surface area contributed by atoms with Gasteiger partial charge in [0.1, 0.15) is 11.5 Å². The number of hydrogen-bond acceptors (Lipinski definition) is 4. The van der Waals surface area contributed by atoms with Crippen molar-refractivity contribution >= 4 is 23.1 Å². The fourth-order valence-corrected chi connectivity index (χ4v) is 1.85. The summed E-state index contributed by atoms with van der Waals surface area (Å²) in [4.78, 5) is 25.5. The smallest absolute Gasteiger partial charge is 0.334 e. The average Bonchev–Trinajstić information content (AvgIpc) is 2.28. The minimum absolute atomic E-state index is 0.0357. The van der Waals surface area contributed by atoms with E-state index in [0.717, 1.165) is 0 Å². The van der Waals surface area contributed by atoms with Crippen LogP contribution in [0.2, 0.25) is 5.02 Å². The van der Waals surface area contributed by atoms with Crippen LogP contribution in [0.15, 0.2) is 33.9 Å². The highest BCUT2D eigenvalue weighted by Gasteiger charge is 2.12. The Kier molecular flexibility index (Phi) is 3.12. The topological polar surface area (TPSA) is 92.9 Å². The molecule has 0 aliphatic heterocycles. The molecule has 2 aromatic rings. The zero-order valence-corrected chi connectivity index (χ0v) is 10.3. The van der Waals surface area contributed by atoms with Crippen molar-refractivity contribution in [1.29, 1.82) is 0 Å². The standard InChI is InChI=1S/C11H11ClN4O2/c1-14-8-9(13)16(11(18)15-10(8)17)7-4-2-3-6(12)5-7/h2-5,14H,13H2,1H3,(H,15,17,18). The Bertz CT molecular complexity index is 705. The van der Waals surface area contributed by atoms with Crippen LogP contribution >= 0.6 is 11.6 Å². The second-order valence-electron chi connectivity index (χ2n) is 3.58. The third-order valence-corrected chi connectivity index (χ3v) is 2.70. The first-order valence-electron chi connectivity index (χ1n) is 5.13. The fourth-order valence-electron chi connectivity index (χ4n) is 1.67. The lowest BCUT2D eigenvalue weighted by Crippen LogP contribution is -2.32. The third kappa shape index (κ3) is 1.98. The van der Waals surface area contributed by atoms with E-state index >= 15 is 0 Å². The van der Waals surface area contributed by atoms with Gasteiger partial charge in [0.2, 0.25) is 0 Å². The van der Waals surface area contributed by atoms with Crippen molar-refractivity contribution in [1.82, 2.24) is 9.55 Å². The van der Waals surface area contributed by atoms with E-state index in [4.69, 9.17) is 17.3 Å². The molecule has 7 heteroatoms. The van der Waals surface area contributed by atoms with Crippen LogP contribution in [0.4, 0.5) is 11.5 Å². The van der Waals surface area contributed by atoms with Crippen LogP contribution in [0.1, 0.15) is 0 Å². The van der Waals surface area contributed by atoms with Crippen molar-refractivity contribution in [3.63, 3.8) is 0 Å². The maximum absolute atomic E-state index is 11.8. The van der Waals surface area contributed by atoms with E-state index in [1.165, 1.54) is 4.57 Å². The molecule has 6 nitrogen and oxygen atoms in total. The van der Waals surface area contributed by atoms with Crippen molar-refractivity contribution in [2.45, 2.75) is 0 Å². The second-order valence-corrected chi connectivity index (χ2v) is 4.02. The normalized spacial score (nSPS) is 10.3. The highest BCUT2D eigenvalue weighted by atomic mass is 35.5. The van der Waals surface area contributed by atoms with Crippen LogP contribution in [-0.4, -0.2) is 16.6 Å². The minimum Gasteiger partial charge on any atom is -0.383 e. The Balaban J connectivity index is 2.80. The number of anilines is 2. The van der Waals surface area contributed by atoms with Crippen LogP contribution in [0.3, 0.4) is 0 Å². The van der Waals surface area contributed by atoms with Gasteiger partial charge in [0.05, 0.1) is 5.69 Å². The molecule has 4 N–H and O–H groups in total. The van der Waals surface area contributed by atoms with Gasteiger partial charge in [-0.2, -0.15) is 0 Å². The number of benzene rings is 1. The number of halogens is 1. The monoisotopic (exact) mass is 266 g/mol. The molecule has 0 saturated heterocycles. The highest BCUT2D eigenvalue weighted by Crippen LogP contribution is 2.18. The molecular formula is C11H11ClN4O2. The van der Waals surface area contributed by atoms with Gasteiger partial charge in [-0.25, -0.2) is 9.36 Å². The van der Waals surface area contributed by atoms with Crippen LogP contribution in [0.5, 0.6) is 0 Å². The van der Waals surface area contributed by atoms with Gasteiger partial charge in [-0.3, -0.25) is 9.78 Å². The van der Waals surface area contributed by atoms with Gasteiger partial charge in [-0.1, -0.05) is 17.7 Å². The number of aromatic amines is 1. The van der Waals surface area contributed by atoms with E-state index in [9.17, 15) is 9.59 Å². The predicted octanol–water partition coefficient (Wildman–Crippen LogP) is 0.803. The molecule has 1 aromatic carbocycles. The van der Waals surface area contributed by atoms with Crippen molar-refractivity contribution in [3.05, 3.63) is 50.1 Å². The van der Waals surface area contributed by atoms with Crippen molar-refractivity contribution in [2.75, 3.05) is 18.1 Å². The fraction of sp³-hybridized carbons (Fsp3) is 0.0909. The quantitative estimate of drug-likeness (QED) is 0.750. The lowest BCUT2D eigenvalue weighted by atomic mass is 10.3. The molecule has 1 aromatic heterocycles. The molecule has 0 fully saturated rings. The zero-order chi connectivity index (χ0) is 13.3. The number of nitrogen functional groups attached to an aromatic ring is 1. The van der Waals surface area contributed by atoms with E-state index in [0.29, 0.717) is 10.7 Å². The highest BCUT2D eigenvalue weighted by molar-refractivity contribution is 6.30. The Hall–Kier alpha value is -2.21. The van der Waals surface area contributed by atoms with Gasteiger partial charge in [0, 0.05) is 12.1 Å². The van der Waals surface area contributed by atoms with Crippen molar-refractivity contribution in [2.24, 2.45) is 0 Å².